The van der Waals surface area contributed by atoms with E-state index in [1.165, 1.54) is 4.90 Å². The molecule has 0 spiro atoms. The summed E-state index contributed by atoms with van der Waals surface area (Å²) in [6.45, 7) is 5.26. The van der Waals surface area contributed by atoms with Crippen LogP contribution >= 0.6 is 0 Å². The minimum atomic E-state index is -0.765. The number of aryl methyl sites for hydroxylation is 1. The Balaban J connectivity index is 1.84. The molecule has 1 atom stereocenters. The summed E-state index contributed by atoms with van der Waals surface area (Å²) in [5.41, 5.74) is 2.20. The lowest BCUT2D eigenvalue weighted by Gasteiger charge is -2.27. The maximum absolute atomic E-state index is 13.3. The highest BCUT2D eigenvalue weighted by molar-refractivity contribution is 6.46. The van der Waals surface area contributed by atoms with Gasteiger partial charge in [0.25, 0.3) is 11.7 Å². The van der Waals surface area contributed by atoms with Crippen molar-refractivity contribution in [3.8, 4) is 11.5 Å². The average Bonchev–Trinajstić information content (AvgIpc) is 3.08. The molecule has 180 valence electrons. The summed E-state index contributed by atoms with van der Waals surface area (Å²) in [5, 5.41) is 11.4. The SMILES string of the molecule is COCCCN1C(=O)C(=O)/C(=C(/O)c2ccc3c(c2)CCCO3)C1c1ccccc1OC(C)C. The standard InChI is InChI=1S/C27H31NO6/c1-17(2)34-22-10-5-4-9-20(22)24-23(26(30)27(31)28(24)13-7-14-32-3)25(29)19-11-12-21-18(16-19)8-6-15-33-21/h4-5,9-12,16-17,24,29H,6-8,13-15H2,1-3H3/b25-23+. The molecule has 34 heavy (non-hydrogen) atoms. The number of hydrogen-bond acceptors (Lipinski definition) is 6. The highest BCUT2D eigenvalue weighted by Crippen LogP contribution is 2.43. The van der Waals surface area contributed by atoms with Gasteiger partial charge >= 0.3 is 0 Å². The predicted molar refractivity (Wildman–Crippen MR) is 128 cm³/mol. The van der Waals surface area contributed by atoms with Crippen LogP contribution in [-0.4, -0.2) is 54.7 Å². The summed E-state index contributed by atoms with van der Waals surface area (Å²) < 4.78 is 16.9. The van der Waals surface area contributed by atoms with Crippen LogP contribution in [0.5, 0.6) is 11.5 Å². The number of benzene rings is 2. The number of ketones is 1. The lowest BCUT2D eigenvalue weighted by molar-refractivity contribution is -0.140. The Morgan fingerprint density at radius 3 is 2.76 bits per heavy atom. The molecule has 4 rings (SSSR count). The van der Waals surface area contributed by atoms with Crippen LogP contribution in [0.4, 0.5) is 0 Å². The second kappa shape index (κ2) is 10.3. The second-order valence-corrected chi connectivity index (χ2v) is 8.82. The van der Waals surface area contributed by atoms with Crippen molar-refractivity contribution in [1.82, 2.24) is 4.90 Å². The summed E-state index contributed by atoms with van der Waals surface area (Å²) in [6.07, 6.45) is 2.18. The van der Waals surface area contributed by atoms with E-state index in [-0.39, 0.29) is 17.4 Å². The van der Waals surface area contributed by atoms with E-state index >= 15 is 0 Å². The molecule has 7 nitrogen and oxygen atoms in total. The van der Waals surface area contributed by atoms with E-state index in [0.29, 0.717) is 43.1 Å². The number of amides is 1. The molecule has 1 unspecified atom stereocenters. The first-order valence-electron chi connectivity index (χ1n) is 11.7. The van der Waals surface area contributed by atoms with E-state index in [1.54, 1.807) is 13.2 Å². The number of hydrogen-bond donors (Lipinski definition) is 1. The molecule has 7 heteroatoms. The van der Waals surface area contributed by atoms with Crippen molar-refractivity contribution >= 4 is 17.4 Å². The summed E-state index contributed by atoms with van der Waals surface area (Å²) >= 11 is 0. The fourth-order valence-corrected chi connectivity index (χ4v) is 4.54. The lowest BCUT2D eigenvalue weighted by Crippen LogP contribution is -2.31. The zero-order valence-electron chi connectivity index (χ0n) is 19.9. The fourth-order valence-electron chi connectivity index (χ4n) is 4.54. The highest BCUT2D eigenvalue weighted by Gasteiger charge is 2.46. The summed E-state index contributed by atoms with van der Waals surface area (Å²) in [6, 6.07) is 12.0. The highest BCUT2D eigenvalue weighted by atomic mass is 16.5. The van der Waals surface area contributed by atoms with Crippen LogP contribution in [0.15, 0.2) is 48.0 Å². The summed E-state index contributed by atoms with van der Waals surface area (Å²) in [5.74, 6) is -0.164. The molecule has 0 aliphatic carbocycles. The number of ether oxygens (including phenoxy) is 3. The van der Waals surface area contributed by atoms with Crippen molar-refractivity contribution < 1.29 is 28.9 Å². The van der Waals surface area contributed by atoms with E-state index in [0.717, 1.165) is 24.2 Å². The van der Waals surface area contributed by atoms with Gasteiger partial charge in [0.1, 0.15) is 17.3 Å². The first-order chi connectivity index (χ1) is 16.4. The Hall–Kier alpha value is -3.32. The van der Waals surface area contributed by atoms with Crippen LogP contribution in [0.1, 0.15) is 49.4 Å². The Labute approximate surface area is 199 Å². The molecule has 2 aromatic carbocycles. The maximum atomic E-state index is 13.3. The average molecular weight is 466 g/mol. The molecule has 2 aliphatic heterocycles. The van der Waals surface area contributed by atoms with E-state index in [2.05, 4.69) is 0 Å². The van der Waals surface area contributed by atoms with Crippen molar-refractivity contribution in [2.24, 2.45) is 0 Å². The zero-order chi connectivity index (χ0) is 24.2. The van der Waals surface area contributed by atoms with Gasteiger partial charge < -0.3 is 24.2 Å². The second-order valence-electron chi connectivity index (χ2n) is 8.82. The third kappa shape index (κ3) is 4.66. The fraction of sp³-hybridized carbons (Fsp3) is 0.407. The van der Waals surface area contributed by atoms with E-state index in [9.17, 15) is 14.7 Å². The molecule has 2 heterocycles. The molecule has 0 radical (unpaired) electrons. The van der Waals surface area contributed by atoms with Crippen molar-refractivity contribution in [2.45, 2.75) is 45.3 Å². The van der Waals surface area contributed by atoms with Crippen LogP contribution in [0.25, 0.3) is 5.76 Å². The van der Waals surface area contributed by atoms with Gasteiger partial charge in [0, 0.05) is 31.4 Å². The van der Waals surface area contributed by atoms with Crippen molar-refractivity contribution in [3.05, 3.63) is 64.7 Å². The molecule has 1 N–H and O–H groups in total. The Bertz CT molecular complexity index is 1110. The van der Waals surface area contributed by atoms with Gasteiger partial charge in [0.15, 0.2) is 0 Å². The van der Waals surface area contributed by atoms with Crippen LogP contribution < -0.4 is 9.47 Å². The van der Waals surface area contributed by atoms with Crippen LogP contribution in [0.3, 0.4) is 0 Å². The Kier molecular flexibility index (Phi) is 7.22. The first-order valence-corrected chi connectivity index (χ1v) is 11.7. The third-order valence-corrected chi connectivity index (χ3v) is 6.05. The molecule has 0 bridgehead atoms. The molecule has 0 saturated carbocycles. The Morgan fingerprint density at radius 2 is 2.00 bits per heavy atom. The van der Waals surface area contributed by atoms with E-state index < -0.39 is 17.7 Å². The maximum Gasteiger partial charge on any atom is 0.295 e. The van der Waals surface area contributed by atoms with Gasteiger partial charge in [0.05, 0.1) is 24.3 Å². The third-order valence-electron chi connectivity index (χ3n) is 6.05. The predicted octanol–water partition coefficient (Wildman–Crippen LogP) is 4.26. The summed E-state index contributed by atoms with van der Waals surface area (Å²) in [4.78, 5) is 27.9. The van der Waals surface area contributed by atoms with Crippen molar-refractivity contribution in [1.29, 1.82) is 0 Å². The van der Waals surface area contributed by atoms with Crippen molar-refractivity contribution in [2.75, 3.05) is 26.9 Å². The minimum Gasteiger partial charge on any atom is -0.507 e. The van der Waals surface area contributed by atoms with Gasteiger partial charge in [-0.2, -0.15) is 0 Å². The van der Waals surface area contributed by atoms with Gasteiger partial charge in [-0.3, -0.25) is 9.59 Å². The van der Waals surface area contributed by atoms with Gasteiger partial charge in [0.2, 0.25) is 0 Å². The Morgan fingerprint density at radius 1 is 1.21 bits per heavy atom. The number of carbonyl (C=O) groups is 2. The molecule has 0 aromatic heterocycles. The number of rotatable bonds is 8. The quantitative estimate of drug-likeness (QED) is 0.271. The number of aliphatic hydroxyl groups excluding tert-OH is 1. The number of likely N-dealkylation sites (tertiary alicyclic amines) is 1. The molecule has 2 aromatic rings. The summed E-state index contributed by atoms with van der Waals surface area (Å²) in [7, 11) is 1.59. The number of fused-ring (bicyclic) bond motifs is 1. The van der Waals surface area contributed by atoms with Crippen LogP contribution in [0.2, 0.25) is 0 Å². The van der Waals surface area contributed by atoms with Gasteiger partial charge in [-0.05, 0) is 62.9 Å². The van der Waals surface area contributed by atoms with Gasteiger partial charge in [-0.15, -0.1) is 0 Å². The topological polar surface area (TPSA) is 85.3 Å². The molecular weight excluding hydrogens is 434 g/mol. The molecule has 2 aliphatic rings. The van der Waals surface area contributed by atoms with E-state index in [4.69, 9.17) is 14.2 Å². The first kappa shape index (κ1) is 23.8. The largest absolute Gasteiger partial charge is 0.507 e. The molecule has 1 amide bonds. The number of nitrogens with zero attached hydrogens (tertiary/aromatic N) is 1. The molecule has 1 saturated heterocycles. The van der Waals surface area contributed by atoms with Crippen LogP contribution in [0, 0.1) is 0 Å². The zero-order valence-corrected chi connectivity index (χ0v) is 19.9. The number of para-hydroxylation sites is 1. The van der Waals surface area contributed by atoms with Crippen LogP contribution in [-0.2, 0) is 20.7 Å². The molecular formula is C27H31NO6. The molecule has 1 fully saturated rings. The van der Waals surface area contributed by atoms with Gasteiger partial charge in [-0.25, -0.2) is 0 Å². The smallest absolute Gasteiger partial charge is 0.295 e. The lowest BCUT2D eigenvalue weighted by atomic mass is 9.93. The number of carbonyl (C=O) groups excluding carboxylic acids is 2. The number of methoxy groups -OCH3 is 1. The van der Waals surface area contributed by atoms with Crippen molar-refractivity contribution in [3.63, 3.8) is 0 Å². The monoisotopic (exact) mass is 465 g/mol. The normalized spacial score (nSPS) is 19.3. The number of aliphatic hydroxyl groups is 1. The number of Topliss-reactive ketones (excluding diaryl/α,β-unsaturated/α-hetero) is 1. The minimum absolute atomic E-state index is 0.0684. The van der Waals surface area contributed by atoms with E-state index in [1.807, 2.05) is 50.2 Å². The van der Waals surface area contributed by atoms with Gasteiger partial charge in [-0.1, -0.05) is 18.2 Å².